The van der Waals surface area contributed by atoms with Gasteiger partial charge in [0.2, 0.25) is 0 Å². The molecule has 0 saturated heterocycles. The largest absolute Gasteiger partial charge is 0.372 e. The van der Waals surface area contributed by atoms with Crippen LogP contribution in [0.1, 0.15) is 37.3 Å². The molecule has 1 aliphatic rings. The normalized spacial score (nSPS) is 15.9. The van der Waals surface area contributed by atoms with Crippen LogP contribution in [0.3, 0.4) is 0 Å². The summed E-state index contributed by atoms with van der Waals surface area (Å²) in [5, 5.41) is 3.19. The van der Waals surface area contributed by atoms with Gasteiger partial charge >= 0.3 is 0 Å². The minimum Gasteiger partial charge on any atom is -0.372 e. The van der Waals surface area contributed by atoms with E-state index in [-0.39, 0.29) is 0 Å². The molecule has 2 aromatic rings. The van der Waals surface area contributed by atoms with E-state index in [2.05, 4.69) is 37.9 Å². The highest BCUT2D eigenvalue weighted by atomic mass is 127. The SMILES string of the molecule is CNc1nc(-c2cncs2)nc(C2CCCC2)c1I. The lowest BCUT2D eigenvalue weighted by Crippen LogP contribution is -2.07. The Morgan fingerprint density at radius 2 is 2.11 bits per heavy atom. The zero-order chi connectivity index (χ0) is 13.2. The first kappa shape index (κ1) is 13.2. The summed E-state index contributed by atoms with van der Waals surface area (Å²) in [5.41, 5.74) is 3.03. The number of nitrogens with zero attached hydrogens (tertiary/aromatic N) is 3. The standard InChI is InChI=1S/C13H15IN4S/c1-15-13-10(14)11(8-4-2-3-5-8)17-12(18-13)9-6-16-7-19-9/h6-8H,2-5H2,1H3,(H,15,17,18). The van der Waals surface area contributed by atoms with Crippen LogP contribution < -0.4 is 5.32 Å². The molecule has 2 aromatic heterocycles. The third-order valence-electron chi connectivity index (χ3n) is 3.51. The van der Waals surface area contributed by atoms with Gasteiger partial charge in [0.1, 0.15) is 5.82 Å². The van der Waals surface area contributed by atoms with E-state index < -0.39 is 0 Å². The van der Waals surface area contributed by atoms with Crippen molar-refractivity contribution in [3.63, 3.8) is 0 Å². The smallest absolute Gasteiger partial charge is 0.173 e. The van der Waals surface area contributed by atoms with Crippen LogP contribution >= 0.6 is 33.9 Å². The minimum atomic E-state index is 0.591. The second kappa shape index (κ2) is 5.70. The Hall–Kier alpha value is -0.760. The Balaban J connectivity index is 2.09. The molecule has 0 aliphatic heterocycles. The molecule has 0 radical (unpaired) electrons. The van der Waals surface area contributed by atoms with Gasteiger partial charge in [0, 0.05) is 19.2 Å². The van der Waals surface area contributed by atoms with Gasteiger partial charge in [-0.1, -0.05) is 12.8 Å². The number of nitrogens with one attached hydrogen (secondary N) is 1. The van der Waals surface area contributed by atoms with Crippen molar-refractivity contribution in [3.05, 3.63) is 21.0 Å². The molecule has 19 heavy (non-hydrogen) atoms. The van der Waals surface area contributed by atoms with Gasteiger partial charge in [0.05, 0.1) is 19.7 Å². The molecule has 0 amide bonds. The Morgan fingerprint density at radius 1 is 1.32 bits per heavy atom. The second-order valence-electron chi connectivity index (χ2n) is 4.69. The van der Waals surface area contributed by atoms with E-state index in [0.717, 1.165) is 16.5 Å². The fraction of sp³-hybridized carbons (Fsp3) is 0.462. The molecule has 1 saturated carbocycles. The molecule has 0 bridgehead atoms. The highest BCUT2D eigenvalue weighted by Crippen LogP contribution is 2.38. The van der Waals surface area contributed by atoms with Crippen molar-refractivity contribution < 1.29 is 0 Å². The van der Waals surface area contributed by atoms with Crippen LogP contribution in [0.4, 0.5) is 5.82 Å². The number of hydrogen-bond donors (Lipinski definition) is 1. The van der Waals surface area contributed by atoms with E-state index in [1.807, 2.05) is 18.8 Å². The first-order chi connectivity index (χ1) is 9.29. The molecule has 100 valence electrons. The first-order valence-electron chi connectivity index (χ1n) is 6.43. The highest BCUT2D eigenvalue weighted by molar-refractivity contribution is 14.1. The van der Waals surface area contributed by atoms with Crippen LogP contribution in [0.15, 0.2) is 11.7 Å². The molecule has 4 nitrogen and oxygen atoms in total. The summed E-state index contributed by atoms with van der Waals surface area (Å²) in [6.07, 6.45) is 6.96. The fourth-order valence-corrected chi connectivity index (χ4v) is 4.04. The summed E-state index contributed by atoms with van der Waals surface area (Å²) in [4.78, 5) is 14.6. The number of halogens is 1. The van der Waals surface area contributed by atoms with Crippen molar-refractivity contribution in [1.82, 2.24) is 15.0 Å². The maximum absolute atomic E-state index is 4.82. The Kier molecular flexibility index (Phi) is 3.97. The summed E-state index contributed by atoms with van der Waals surface area (Å²) < 4.78 is 1.17. The minimum absolute atomic E-state index is 0.591. The van der Waals surface area contributed by atoms with Crippen LogP contribution in [-0.2, 0) is 0 Å². The highest BCUT2D eigenvalue weighted by Gasteiger charge is 2.24. The molecule has 1 aliphatic carbocycles. The third-order valence-corrected chi connectivity index (χ3v) is 5.34. The molecule has 0 unspecified atom stereocenters. The fourth-order valence-electron chi connectivity index (χ4n) is 2.54. The van der Waals surface area contributed by atoms with Crippen LogP contribution in [-0.4, -0.2) is 22.0 Å². The van der Waals surface area contributed by atoms with Gasteiger partial charge in [0.25, 0.3) is 0 Å². The van der Waals surface area contributed by atoms with E-state index in [0.29, 0.717) is 5.92 Å². The van der Waals surface area contributed by atoms with Crippen LogP contribution in [0, 0.1) is 3.57 Å². The zero-order valence-electron chi connectivity index (χ0n) is 10.7. The molecule has 1 N–H and O–H groups in total. The molecule has 2 heterocycles. The van der Waals surface area contributed by atoms with Crippen LogP contribution in [0.5, 0.6) is 0 Å². The predicted molar refractivity (Wildman–Crippen MR) is 86.6 cm³/mol. The topological polar surface area (TPSA) is 50.7 Å². The summed E-state index contributed by atoms with van der Waals surface area (Å²) >= 11 is 3.95. The van der Waals surface area contributed by atoms with Crippen molar-refractivity contribution >= 4 is 39.7 Å². The number of anilines is 1. The number of rotatable bonds is 3. The predicted octanol–water partition coefficient (Wildman–Crippen LogP) is 3.90. The van der Waals surface area contributed by atoms with Gasteiger partial charge in [0.15, 0.2) is 5.82 Å². The maximum atomic E-state index is 4.82. The first-order valence-corrected chi connectivity index (χ1v) is 8.39. The average Bonchev–Trinajstić information content (AvgIpc) is 3.12. The van der Waals surface area contributed by atoms with Crippen molar-refractivity contribution in [2.75, 3.05) is 12.4 Å². The Bertz CT molecular complexity index is 564. The number of hydrogen-bond acceptors (Lipinski definition) is 5. The van der Waals surface area contributed by atoms with Crippen molar-refractivity contribution in [3.8, 4) is 10.7 Å². The average molecular weight is 386 g/mol. The second-order valence-corrected chi connectivity index (χ2v) is 6.66. The van der Waals surface area contributed by atoms with Crippen LogP contribution in [0.2, 0.25) is 0 Å². The Labute approximate surface area is 130 Å². The lowest BCUT2D eigenvalue weighted by atomic mass is 10.0. The monoisotopic (exact) mass is 386 g/mol. The number of aromatic nitrogens is 3. The Morgan fingerprint density at radius 3 is 2.74 bits per heavy atom. The lowest BCUT2D eigenvalue weighted by molar-refractivity contribution is 0.691. The van der Waals surface area contributed by atoms with Crippen molar-refractivity contribution in [2.45, 2.75) is 31.6 Å². The van der Waals surface area contributed by atoms with E-state index in [1.54, 1.807) is 11.3 Å². The molecule has 6 heteroatoms. The quantitative estimate of drug-likeness (QED) is 0.813. The van der Waals surface area contributed by atoms with Crippen molar-refractivity contribution in [1.29, 1.82) is 0 Å². The van der Waals surface area contributed by atoms with Crippen LogP contribution in [0.25, 0.3) is 10.7 Å². The number of thiazole rings is 1. The van der Waals surface area contributed by atoms with Gasteiger partial charge in [-0.3, -0.25) is 4.98 Å². The van der Waals surface area contributed by atoms with E-state index in [9.17, 15) is 0 Å². The van der Waals surface area contributed by atoms with E-state index >= 15 is 0 Å². The van der Waals surface area contributed by atoms with E-state index in [1.165, 1.54) is 34.9 Å². The van der Waals surface area contributed by atoms with Gasteiger partial charge < -0.3 is 5.32 Å². The zero-order valence-corrected chi connectivity index (χ0v) is 13.7. The molecule has 3 rings (SSSR count). The molecule has 0 spiro atoms. The molecular formula is C13H15IN4S. The van der Waals surface area contributed by atoms with Crippen molar-refractivity contribution in [2.24, 2.45) is 0 Å². The molecule has 0 atom stereocenters. The van der Waals surface area contributed by atoms with Gasteiger partial charge in [-0.15, -0.1) is 11.3 Å². The molecule has 1 fully saturated rings. The lowest BCUT2D eigenvalue weighted by Gasteiger charge is -2.14. The third kappa shape index (κ3) is 2.60. The molecule has 0 aromatic carbocycles. The van der Waals surface area contributed by atoms with E-state index in [4.69, 9.17) is 4.98 Å². The summed E-state index contributed by atoms with van der Waals surface area (Å²) in [6, 6.07) is 0. The summed E-state index contributed by atoms with van der Waals surface area (Å²) in [6.45, 7) is 0. The van der Waals surface area contributed by atoms with Gasteiger partial charge in [-0.2, -0.15) is 0 Å². The van der Waals surface area contributed by atoms with Gasteiger partial charge in [-0.25, -0.2) is 9.97 Å². The molecular weight excluding hydrogens is 371 g/mol. The summed E-state index contributed by atoms with van der Waals surface area (Å²) in [7, 11) is 1.92. The summed E-state index contributed by atoms with van der Waals surface area (Å²) in [5.74, 6) is 2.32. The maximum Gasteiger partial charge on any atom is 0.173 e. The van der Waals surface area contributed by atoms with Gasteiger partial charge in [-0.05, 0) is 35.4 Å².